The van der Waals surface area contributed by atoms with E-state index in [-0.39, 0.29) is 11.9 Å². The summed E-state index contributed by atoms with van der Waals surface area (Å²) >= 11 is 0. The third kappa shape index (κ3) is 4.57. The molecule has 0 N–H and O–H groups in total. The average molecular weight is 417 g/mol. The fourth-order valence-corrected chi connectivity index (χ4v) is 4.36. The molecule has 5 heteroatoms. The van der Waals surface area contributed by atoms with Gasteiger partial charge in [-0.25, -0.2) is 0 Å². The van der Waals surface area contributed by atoms with Crippen LogP contribution in [0.15, 0.2) is 66.7 Å². The minimum atomic E-state index is 0.0943. The lowest BCUT2D eigenvalue weighted by molar-refractivity contribution is 0.0586. The molecule has 2 heterocycles. The van der Waals surface area contributed by atoms with Crippen molar-refractivity contribution >= 4 is 5.91 Å². The van der Waals surface area contributed by atoms with Crippen molar-refractivity contribution in [2.24, 2.45) is 0 Å². The Morgan fingerprint density at radius 1 is 0.903 bits per heavy atom. The van der Waals surface area contributed by atoms with Crippen LogP contribution in [0.5, 0.6) is 0 Å². The molecule has 0 radical (unpaired) electrons. The third-order valence-electron chi connectivity index (χ3n) is 6.11. The Morgan fingerprint density at radius 2 is 1.45 bits per heavy atom. The molecule has 1 fully saturated rings. The Kier molecular flexibility index (Phi) is 6.52. The number of carbonyl (C=O) groups excluding carboxylic acids is 1. The van der Waals surface area contributed by atoms with Crippen LogP contribution < -0.4 is 0 Å². The Morgan fingerprint density at radius 3 is 1.94 bits per heavy atom. The minimum absolute atomic E-state index is 0.0943. The first-order chi connectivity index (χ1) is 15.1. The smallest absolute Gasteiger partial charge is 0.272 e. The molecule has 0 saturated carbocycles. The first kappa shape index (κ1) is 21.3. The van der Waals surface area contributed by atoms with Gasteiger partial charge in [-0.05, 0) is 30.0 Å². The highest BCUT2D eigenvalue weighted by Crippen LogP contribution is 2.29. The quantitative estimate of drug-likeness (QED) is 0.591. The zero-order valence-corrected chi connectivity index (χ0v) is 18.7. The lowest BCUT2D eigenvalue weighted by atomic mass is 9.96. The molecule has 1 aliphatic rings. The van der Waals surface area contributed by atoms with Crippen molar-refractivity contribution in [3.63, 3.8) is 0 Å². The van der Waals surface area contributed by atoms with Crippen LogP contribution in [0.1, 0.15) is 60.0 Å². The molecule has 0 unspecified atom stereocenters. The molecule has 1 amide bonds. The highest BCUT2D eigenvalue weighted by atomic mass is 16.2. The second kappa shape index (κ2) is 9.48. The lowest BCUT2D eigenvalue weighted by Gasteiger charge is -2.39. The maximum atomic E-state index is 13.3. The molecule has 162 valence electrons. The van der Waals surface area contributed by atoms with E-state index in [0.29, 0.717) is 18.2 Å². The Bertz CT molecular complexity index is 949. The molecule has 0 atom stereocenters. The van der Waals surface area contributed by atoms with Gasteiger partial charge < -0.3 is 4.90 Å². The van der Waals surface area contributed by atoms with Crippen molar-refractivity contribution in [3.8, 4) is 0 Å². The van der Waals surface area contributed by atoms with E-state index in [9.17, 15) is 4.79 Å². The van der Waals surface area contributed by atoms with Gasteiger partial charge in [0.15, 0.2) is 0 Å². The van der Waals surface area contributed by atoms with Crippen LogP contribution >= 0.6 is 0 Å². The maximum Gasteiger partial charge on any atom is 0.272 e. The largest absolute Gasteiger partial charge is 0.335 e. The monoisotopic (exact) mass is 416 g/mol. The number of amides is 1. The van der Waals surface area contributed by atoms with Gasteiger partial charge in [-0.2, -0.15) is 5.10 Å². The molecule has 1 saturated heterocycles. The summed E-state index contributed by atoms with van der Waals surface area (Å²) in [6.45, 7) is 10.1. The normalized spacial score (nSPS) is 15.1. The molecule has 0 aliphatic carbocycles. The van der Waals surface area contributed by atoms with E-state index in [2.05, 4.69) is 84.5 Å². The van der Waals surface area contributed by atoms with Crippen LogP contribution in [-0.2, 0) is 6.54 Å². The van der Waals surface area contributed by atoms with Crippen molar-refractivity contribution in [1.82, 2.24) is 19.6 Å². The Labute approximate surface area is 185 Å². The number of nitrogens with zero attached hydrogens (tertiary/aromatic N) is 4. The van der Waals surface area contributed by atoms with Crippen LogP contribution in [0.2, 0.25) is 0 Å². The number of rotatable bonds is 6. The van der Waals surface area contributed by atoms with Gasteiger partial charge >= 0.3 is 0 Å². The van der Waals surface area contributed by atoms with E-state index < -0.39 is 0 Å². The van der Waals surface area contributed by atoms with Gasteiger partial charge in [0.05, 0.1) is 11.7 Å². The number of piperazine rings is 1. The van der Waals surface area contributed by atoms with Crippen LogP contribution in [-0.4, -0.2) is 51.7 Å². The highest BCUT2D eigenvalue weighted by Gasteiger charge is 2.30. The highest BCUT2D eigenvalue weighted by molar-refractivity contribution is 5.92. The first-order valence-corrected chi connectivity index (χ1v) is 11.3. The molecule has 4 rings (SSSR count). The molecule has 0 spiro atoms. The number of carbonyl (C=O) groups is 1. The van der Waals surface area contributed by atoms with Gasteiger partial charge in [0.2, 0.25) is 0 Å². The molecule has 31 heavy (non-hydrogen) atoms. The SMILES string of the molecule is CCn1nc(C(C)C)cc1C(=O)N1CCN(C(c2ccccc2)c2ccccc2)CC1. The summed E-state index contributed by atoms with van der Waals surface area (Å²) < 4.78 is 1.85. The molecular weight excluding hydrogens is 384 g/mol. The molecule has 2 aromatic carbocycles. The van der Waals surface area contributed by atoms with Gasteiger partial charge in [-0.1, -0.05) is 74.5 Å². The second-order valence-electron chi connectivity index (χ2n) is 8.48. The zero-order chi connectivity index (χ0) is 21.8. The Balaban J connectivity index is 1.51. The lowest BCUT2D eigenvalue weighted by Crippen LogP contribution is -2.50. The van der Waals surface area contributed by atoms with Crippen LogP contribution in [0, 0.1) is 0 Å². The maximum absolute atomic E-state index is 13.3. The molecular formula is C26H32N4O. The fourth-order valence-electron chi connectivity index (χ4n) is 4.36. The van der Waals surface area contributed by atoms with Gasteiger partial charge in [0.25, 0.3) is 5.91 Å². The molecule has 3 aromatic rings. The summed E-state index contributed by atoms with van der Waals surface area (Å²) in [6.07, 6.45) is 0. The van der Waals surface area contributed by atoms with Crippen molar-refractivity contribution in [1.29, 1.82) is 0 Å². The van der Waals surface area contributed by atoms with Gasteiger partial charge in [0, 0.05) is 32.7 Å². The average Bonchev–Trinajstić information content (AvgIpc) is 3.26. The van der Waals surface area contributed by atoms with E-state index in [1.165, 1.54) is 11.1 Å². The van der Waals surface area contributed by atoms with Crippen molar-refractivity contribution in [2.75, 3.05) is 26.2 Å². The summed E-state index contributed by atoms with van der Waals surface area (Å²) in [4.78, 5) is 17.8. The number of hydrogen-bond donors (Lipinski definition) is 0. The van der Waals surface area contributed by atoms with Crippen molar-refractivity contribution in [2.45, 2.75) is 39.3 Å². The molecule has 1 aliphatic heterocycles. The second-order valence-corrected chi connectivity index (χ2v) is 8.48. The topological polar surface area (TPSA) is 41.4 Å². The van der Waals surface area contributed by atoms with Crippen molar-refractivity contribution < 1.29 is 4.79 Å². The predicted octanol–water partition coefficient (Wildman–Crippen LogP) is 4.57. The number of benzene rings is 2. The van der Waals surface area contributed by atoms with Gasteiger partial charge in [-0.3, -0.25) is 14.4 Å². The summed E-state index contributed by atoms with van der Waals surface area (Å²) in [5.41, 5.74) is 4.28. The van der Waals surface area contributed by atoms with E-state index >= 15 is 0 Å². The summed E-state index contributed by atoms with van der Waals surface area (Å²) in [5, 5.41) is 4.63. The number of aromatic nitrogens is 2. The van der Waals surface area contributed by atoms with E-state index in [4.69, 9.17) is 0 Å². The number of aryl methyl sites for hydroxylation is 1. The van der Waals surface area contributed by atoms with Gasteiger partial charge in [0.1, 0.15) is 5.69 Å². The van der Waals surface area contributed by atoms with Crippen molar-refractivity contribution in [3.05, 3.63) is 89.2 Å². The van der Waals surface area contributed by atoms with Crippen LogP contribution in [0.25, 0.3) is 0 Å². The molecule has 5 nitrogen and oxygen atoms in total. The molecule has 0 bridgehead atoms. The van der Waals surface area contributed by atoms with E-state index in [0.717, 1.165) is 31.9 Å². The minimum Gasteiger partial charge on any atom is -0.335 e. The first-order valence-electron chi connectivity index (χ1n) is 11.3. The van der Waals surface area contributed by atoms with Crippen LogP contribution in [0.3, 0.4) is 0 Å². The van der Waals surface area contributed by atoms with E-state index in [1.54, 1.807) is 0 Å². The summed E-state index contributed by atoms with van der Waals surface area (Å²) in [6, 6.07) is 23.5. The zero-order valence-electron chi connectivity index (χ0n) is 18.7. The van der Waals surface area contributed by atoms with E-state index in [1.807, 2.05) is 22.6 Å². The fraction of sp³-hybridized carbons (Fsp3) is 0.385. The van der Waals surface area contributed by atoms with Crippen LogP contribution in [0.4, 0.5) is 0 Å². The number of hydrogen-bond acceptors (Lipinski definition) is 3. The predicted molar refractivity (Wildman–Crippen MR) is 124 cm³/mol. The third-order valence-corrected chi connectivity index (χ3v) is 6.11. The summed E-state index contributed by atoms with van der Waals surface area (Å²) in [7, 11) is 0. The van der Waals surface area contributed by atoms with Gasteiger partial charge in [-0.15, -0.1) is 0 Å². The standard InChI is InChI=1S/C26H32N4O/c1-4-30-24(19-23(27-30)20(2)3)26(31)29-17-15-28(16-18-29)25(21-11-7-5-8-12-21)22-13-9-6-10-14-22/h5-14,19-20,25H,4,15-18H2,1-3H3. The molecule has 1 aromatic heterocycles. The summed E-state index contributed by atoms with van der Waals surface area (Å²) in [5.74, 6) is 0.408. The Hall–Kier alpha value is -2.92.